The summed E-state index contributed by atoms with van der Waals surface area (Å²) in [6.45, 7) is 7.57. The second kappa shape index (κ2) is 9.29. The Bertz CT molecular complexity index is 1140. The number of carbonyl (C=O) groups excluding carboxylic acids is 1. The van der Waals surface area contributed by atoms with Crippen LogP contribution in [0.5, 0.6) is 0 Å². The normalized spacial score (nSPS) is 22.9. The quantitative estimate of drug-likeness (QED) is 0.692. The molecule has 2 aromatic rings. The molecule has 4 aliphatic rings. The molecular formula is C27H32N4O2S. The van der Waals surface area contributed by atoms with Crippen molar-refractivity contribution in [3.8, 4) is 10.4 Å². The summed E-state index contributed by atoms with van der Waals surface area (Å²) in [5, 5.41) is 3.13. The van der Waals surface area contributed by atoms with Gasteiger partial charge in [-0.05, 0) is 55.5 Å². The topological polar surface area (TPSA) is 57.7 Å². The van der Waals surface area contributed by atoms with Crippen LogP contribution in [0.25, 0.3) is 16.0 Å². The number of hydrogen-bond acceptors (Lipinski definition) is 5. The Kier molecular flexibility index (Phi) is 6.01. The number of nitrogens with one attached hydrogen (secondary N) is 1. The van der Waals surface area contributed by atoms with Crippen LogP contribution >= 0.6 is 11.3 Å². The number of fused-ring (bicyclic) bond motifs is 1. The number of amides is 2. The van der Waals surface area contributed by atoms with Crippen molar-refractivity contribution in [2.45, 2.75) is 51.2 Å². The summed E-state index contributed by atoms with van der Waals surface area (Å²) < 4.78 is 5.48. The monoisotopic (exact) mass is 476 g/mol. The van der Waals surface area contributed by atoms with Crippen LogP contribution in [0.4, 0.5) is 4.79 Å². The van der Waals surface area contributed by atoms with Crippen molar-refractivity contribution in [1.82, 2.24) is 20.1 Å². The van der Waals surface area contributed by atoms with E-state index >= 15 is 0 Å². The first kappa shape index (κ1) is 22.0. The minimum Gasteiger partial charge on any atom is -0.379 e. The van der Waals surface area contributed by atoms with Crippen LogP contribution in [-0.4, -0.2) is 65.7 Å². The van der Waals surface area contributed by atoms with E-state index in [0.29, 0.717) is 6.04 Å². The lowest BCUT2D eigenvalue weighted by Crippen LogP contribution is -2.47. The van der Waals surface area contributed by atoms with Gasteiger partial charge in [0.2, 0.25) is 0 Å². The zero-order valence-electron chi connectivity index (χ0n) is 19.8. The number of ether oxygens (including phenoxy) is 1. The fourth-order valence-electron chi connectivity index (χ4n) is 5.14. The number of thiophene rings is 1. The van der Waals surface area contributed by atoms with Gasteiger partial charge in [0.1, 0.15) is 0 Å². The van der Waals surface area contributed by atoms with Gasteiger partial charge in [-0.2, -0.15) is 0 Å². The summed E-state index contributed by atoms with van der Waals surface area (Å²) in [6, 6.07) is 7.39. The van der Waals surface area contributed by atoms with Crippen molar-refractivity contribution in [2.24, 2.45) is 0 Å². The average Bonchev–Trinajstić information content (AvgIpc) is 3.37. The van der Waals surface area contributed by atoms with E-state index in [1.165, 1.54) is 32.0 Å². The van der Waals surface area contributed by atoms with Crippen LogP contribution in [0.2, 0.25) is 0 Å². The molecule has 34 heavy (non-hydrogen) atoms. The molecule has 2 aliphatic heterocycles. The summed E-state index contributed by atoms with van der Waals surface area (Å²) in [7, 11) is 0. The molecule has 0 bridgehead atoms. The Morgan fingerprint density at radius 2 is 2.09 bits per heavy atom. The summed E-state index contributed by atoms with van der Waals surface area (Å²) in [5.41, 5.74) is 6.27. The molecule has 1 atom stereocenters. The van der Waals surface area contributed by atoms with E-state index in [1.54, 1.807) is 0 Å². The van der Waals surface area contributed by atoms with Crippen molar-refractivity contribution in [1.29, 1.82) is 0 Å². The van der Waals surface area contributed by atoms with E-state index in [1.807, 2.05) is 22.4 Å². The number of urea groups is 1. The Morgan fingerprint density at radius 3 is 2.88 bits per heavy atom. The highest BCUT2D eigenvalue weighted by atomic mass is 32.1. The molecule has 1 saturated carbocycles. The minimum atomic E-state index is 0.0839. The third-order valence-electron chi connectivity index (χ3n) is 7.26. The second-order valence-electron chi connectivity index (χ2n) is 9.79. The zero-order chi connectivity index (χ0) is 23.1. The lowest BCUT2D eigenvalue weighted by atomic mass is 9.93. The molecule has 0 radical (unpaired) electrons. The average molecular weight is 477 g/mol. The number of morpholine rings is 1. The third kappa shape index (κ3) is 4.57. The highest BCUT2D eigenvalue weighted by Gasteiger charge is 2.30. The fourth-order valence-corrected chi connectivity index (χ4v) is 6.17. The molecule has 0 spiro atoms. The SMILES string of the molecule is CC1C=C(C2=CCc3ncc(-c4ccc(CN5CCOCC5)s4)cc32)CCN1C(=O)NC1CC1. The van der Waals surface area contributed by atoms with Gasteiger partial charge in [-0.1, -0.05) is 12.2 Å². The number of allylic oxidation sites excluding steroid dienone is 2. The third-order valence-corrected chi connectivity index (χ3v) is 8.38. The maximum absolute atomic E-state index is 12.6. The van der Waals surface area contributed by atoms with Crippen LogP contribution in [-0.2, 0) is 17.7 Å². The molecule has 0 aromatic carbocycles. The molecule has 178 valence electrons. The Labute approximate surface area is 205 Å². The van der Waals surface area contributed by atoms with Crippen LogP contribution < -0.4 is 5.32 Å². The van der Waals surface area contributed by atoms with Gasteiger partial charge < -0.3 is 15.0 Å². The highest BCUT2D eigenvalue weighted by molar-refractivity contribution is 7.15. The summed E-state index contributed by atoms with van der Waals surface area (Å²) in [5.74, 6) is 0. The van der Waals surface area contributed by atoms with Crippen LogP contribution in [0, 0.1) is 0 Å². The predicted molar refractivity (Wildman–Crippen MR) is 136 cm³/mol. The van der Waals surface area contributed by atoms with E-state index in [9.17, 15) is 4.79 Å². The van der Waals surface area contributed by atoms with E-state index in [0.717, 1.165) is 70.8 Å². The van der Waals surface area contributed by atoms with Crippen LogP contribution in [0.1, 0.15) is 42.3 Å². The van der Waals surface area contributed by atoms with E-state index in [-0.39, 0.29) is 12.1 Å². The summed E-state index contributed by atoms with van der Waals surface area (Å²) >= 11 is 1.87. The highest BCUT2D eigenvalue weighted by Crippen LogP contribution is 2.38. The maximum Gasteiger partial charge on any atom is 0.318 e. The van der Waals surface area contributed by atoms with Crippen molar-refractivity contribution < 1.29 is 9.53 Å². The Balaban J connectivity index is 1.18. The smallest absolute Gasteiger partial charge is 0.318 e. The largest absolute Gasteiger partial charge is 0.379 e. The number of hydrogen-bond donors (Lipinski definition) is 1. The van der Waals surface area contributed by atoms with Crippen molar-refractivity contribution >= 4 is 22.9 Å². The molecule has 2 aromatic heterocycles. The molecule has 1 unspecified atom stereocenters. The Morgan fingerprint density at radius 1 is 1.24 bits per heavy atom. The maximum atomic E-state index is 12.6. The lowest BCUT2D eigenvalue weighted by Gasteiger charge is -2.33. The molecule has 4 heterocycles. The van der Waals surface area contributed by atoms with Gasteiger partial charge in [0, 0.05) is 71.8 Å². The van der Waals surface area contributed by atoms with Gasteiger partial charge in [0.25, 0.3) is 0 Å². The van der Waals surface area contributed by atoms with Gasteiger partial charge in [-0.25, -0.2) is 4.79 Å². The number of rotatable bonds is 5. The van der Waals surface area contributed by atoms with Gasteiger partial charge in [0.15, 0.2) is 0 Å². The first-order valence-corrected chi connectivity index (χ1v) is 13.3. The second-order valence-corrected chi connectivity index (χ2v) is 11.0. The summed E-state index contributed by atoms with van der Waals surface area (Å²) in [4.78, 5) is 24.5. The summed E-state index contributed by atoms with van der Waals surface area (Å²) in [6.07, 6.45) is 10.6. The van der Waals surface area contributed by atoms with Crippen molar-refractivity contribution in [3.63, 3.8) is 0 Å². The first-order chi connectivity index (χ1) is 16.6. The molecule has 1 saturated heterocycles. The Hall–Kier alpha value is -2.48. The van der Waals surface area contributed by atoms with E-state index in [4.69, 9.17) is 9.72 Å². The molecule has 2 fully saturated rings. The molecule has 6 nitrogen and oxygen atoms in total. The standard InChI is InChI=1S/C27H32N4O2S/c1-18-14-19(8-9-31(18)27(32)29-21-2-3-21)23-5-6-25-24(23)15-20(16-28-25)26-7-4-22(34-26)17-30-10-12-33-13-11-30/h4-5,7,14-16,18,21H,2-3,6,8-13,17H2,1H3,(H,29,32). The number of carbonyl (C=O) groups is 1. The van der Waals surface area contributed by atoms with Crippen molar-refractivity contribution in [2.75, 3.05) is 32.8 Å². The van der Waals surface area contributed by atoms with Gasteiger partial charge >= 0.3 is 6.03 Å². The van der Waals surface area contributed by atoms with Crippen LogP contribution in [0.15, 0.2) is 42.1 Å². The molecule has 2 aliphatic carbocycles. The van der Waals surface area contributed by atoms with Gasteiger partial charge in [-0.3, -0.25) is 9.88 Å². The molecule has 6 rings (SSSR count). The van der Waals surface area contributed by atoms with Crippen molar-refractivity contribution in [3.05, 3.63) is 58.3 Å². The number of nitrogens with zero attached hydrogens (tertiary/aromatic N) is 3. The van der Waals surface area contributed by atoms with Gasteiger partial charge in [-0.15, -0.1) is 11.3 Å². The van der Waals surface area contributed by atoms with Crippen LogP contribution in [0.3, 0.4) is 0 Å². The molecule has 1 N–H and O–H groups in total. The molecule has 7 heteroatoms. The minimum absolute atomic E-state index is 0.0839. The first-order valence-electron chi connectivity index (χ1n) is 12.5. The van der Waals surface area contributed by atoms with Gasteiger partial charge in [0.05, 0.1) is 18.9 Å². The number of aromatic nitrogens is 1. The molecule has 2 amide bonds. The zero-order valence-corrected chi connectivity index (χ0v) is 20.6. The predicted octanol–water partition coefficient (Wildman–Crippen LogP) is 4.47. The van der Waals surface area contributed by atoms with E-state index < -0.39 is 0 Å². The van der Waals surface area contributed by atoms with E-state index in [2.05, 4.69) is 47.5 Å². The number of pyridine rings is 1. The molecular weight excluding hydrogens is 444 g/mol. The lowest BCUT2D eigenvalue weighted by molar-refractivity contribution is 0.0346. The fraction of sp³-hybridized carbons (Fsp3) is 0.481.